The number of carbonyl (C=O) groups is 2. The van der Waals surface area contributed by atoms with Crippen LogP contribution in [0.1, 0.15) is 17.3 Å². The summed E-state index contributed by atoms with van der Waals surface area (Å²) in [4.78, 5) is 24.2. The summed E-state index contributed by atoms with van der Waals surface area (Å²) < 4.78 is 5.94. The van der Waals surface area contributed by atoms with Crippen LogP contribution in [-0.2, 0) is 9.53 Å². The molecule has 0 aliphatic carbocycles. The Labute approximate surface area is 157 Å². The number of halogens is 3. The van der Waals surface area contributed by atoms with Crippen molar-refractivity contribution < 1.29 is 14.3 Å². The van der Waals surface area contributed by atoms with Gasteiger partial charge in [-0.15, -0.1) is 0 Å². The summed E-state index contributed by atoms with van der Waals surface area (Å²) in [5, 5.41) is 3.37. The first-order valence-electron chi connectivity index (χ1n) is 6.60. The first kappa shape index (κ1) is 18.0. The third-order valence-electron chi connectivity index (χ3n) is 2.94. The fraction of sp³-hybridized carbons (Fsp3) is 0.125. The van der Waals surface area contributed by atoms with Gasteiger partial charge >= 0.3 is 5.97 Å². The minimum absolute atomic E-state index is 0.307. The third kappa shape index (κ3) is 4.83. The van der Waals surface area contributed by atoms with Gasteiger partial charge in [-0.05, 0) is 59.8 Å². The van der Waals surface area contributed by atoms with Crippen LogP contribution in [0, 0.1) is 3.57 Å². The van der Waals surface area contributed by atoms with E-state index < -0.39 is 18.0 Å². The van der Waals surface area contributed by atoms with Crippen LogP contribution in [0.25, 0.3) is 0 Å². The van der Waals surface area contributed by atoms with E-state index in [1.54, 1.807) is 30.3 Å². The number of esters is 1. The smallest absolute Gasteiger partial charge is 0.339 e. The lowest BCUT2D eigenvalue weighted by molar-refractivity contribution is -0.123. The van der Waals surface area contributed by atoms with E-state index >= 15 is 0 Å². The largest absolute Gasteiger partial charge is 0.449 e. The van der Waals surface area contributed by atoms with Gasteiger partial charge in [0.2, 0.25) is 0 Å². The van der Waals surface area contributed by atoms with Gasteiger partial charge in [0.15, 0.2) is 6.10 Å². The highest BCUT2D eigenvalue weighted by atomic mass is 127. The van der Waals surface area contributed by atoms with Crippen LogP contribution in [0.5, 0.6) is 0 Å². The van der Waals surface area contributed by atoms with Crippen molar-refractivity contribution in [3.05, 3.63) is 61.6 Å². The Bertz CT molecular complexity index is 752. The zero-order valence-electron chi connectivity index (χ0n) is 12.0. The molecule has 23 heavy (non-hydrogen) atoms. The Hall–Kier alpha value is -1.31. The van der Waals surface area contributed by atoms with Gasteiger partial charge in [-0.2, -0.15) is 0 Å². The molecule has 0 heterocycles. The van der Waals surface area contributed by atoms with Crippen molar-refractivity contribution in [3.8, 4) is 0 Å². The summed E-state index contributed by atoms with van der Waals surface area (Å²) in [6, 6.07) is 11.7. The van der Waals surface area contributed by atoms with Crippen molar-refractivity contribution >= 4 is 63.4 Å². The molecule has 0 aliphatic rings. The van der Waals surface area contributed by atoms with E-state index in [0.717, 1.165) is 3.57 Å². The van der Waals surface area contributed by atoms with Crippen LogP contribution in [0.3, 0.4) is 0 Å². The van der Waals surface area contributed by atoms with Crippen molar-refractivity contribution in [1.82, 2.24) is 0 Å². The quantitative estimate of drug-likeness (QED) is 0.524. The molecule has 1 N–H and O–H groups in total. The Morgan fingerprint density at radius 3 is 2.52 bits per heavy atom. The molecular formula is C16H12Cl2INO3. The fourth-order valence-electron chi connectivity index (χ4n) is 1.73. The number of anilines is 1. The maximum absolute atomic E-state index is 12.1. The molecule has 0 saturated carbocycles. The second-order valence-corrected chi connectivity index (χ2v) is 6.65. The van der Waals surface area contributed by atoms with Crippen LogP contribution < -0.4 is 5.32 Å². The summed E-state index contributed by atoms with van der Waals surface area (Å²) in [5.74, 6) is -1.03. The standard InChI is InChI=1S/C16H12Cl2INO3/c1-9(23-16(22)11-4-2-3-5-13(11)19)15(21)20-14-7-6-10(17)8-12(14)18/h2-9H,1H3,(H,20,21). The SMILES string of the molecule is CC(OC(=O)c1ccccc1I)C(=O)Nc1ccc(Cl)cc1Cl. The molecule has 1 atom stereocenters. The van der Waals surface area contributed by atoms with E-state index in [2.05, 4.69) is 5.32 Å². The molecular weight excluding hydrogens is 452 g/mol. The molecule has 0 radical (unpaired) electrons. The van der Waals surface area contributed by atoms with Gasteiger partial charge in [-0.1, -0.05) is 35.3 Å². The van der Waals surface area contributed by atoms with Gasteiger partial charge < -0.3 is 10.1 Å². The molecule has 0 fully saturated rings. The topological polar surface area (TPSA) is 55.4 Å². The third-order valence-corrected chi connectivity index (χ3v) is 4.42. The summed E-state index contributed by atoms with van der Waals surface area (Å²) in [5.41, 5.74) is 0.815. The molecule has 7 heteroatoms. The van der Waals surface area contributed by atoms with E-state index in [0.29, 0.717) is 21.3 Å². The minimum atomic E-state index is -0.967. The number of benzene rings is 2. The molecule has 0 aromatic heterocycles. The van der Waals surface area contributed by atoms with Crippen LogP contribution >= 0.6 is 45.8 Å². The Balaban J connectivity index is 2.03. The average Bonchev–Trinajstić information content (AvgIpc) is 2.50. The highest BCUT2D eigenvalue weighted by molar-refractivity contribution is 14.1. The van der Waals surface area contributed by atoms with Crippen molar-refractivity contribution in [1.29, 1.82) is 0 Å². The van der Waals surface area contributed by atoms with Crippen LogP contribution in [0.4, 0.5) is 5.69 Å². The Morgan fingerprint density at radius 1 is 1.17 bits per heavy atom. The molecule has 2 aromatic rings. The van der Waals surface area contributed by atoms with Crippen LogP contribution in [-0.4, -0.2) is 18.0 Å². The van der Waals surface area contributed by atoms with E-state index in [4.69, 9.17) is 27.9 Å². The maximum atomic E-state index is 12.1. The first-order chi connectivity index (χ1) is 10.9. The number of ether oxygens (including phenoxy) is 1. The predicted octanol–water partition coefficient (Wildman–Crippen LogP) is 4.78. The van der Waals surface area contributed by atoms with Gasteiger partial charge in [-0.25, -0.2) is 4.79 Å². The van der Waals surface area contributed by atoms with Crippen LogP contribution in [0.2, 0.25) is 10.0 Å². The van der Waals surface area contributed by atoms with Crippen molar-refractivity contribution in [2.24, 2.45) is 0 Å². The number of hydrogen-bond donors (Lipinski definition) is 1. The highest BCUT2D eigenvalue weighted by Crippen LogP contribution is 2.25. The lowest BCUT2D eigenvalue weighted by Gasteiger charge is -2.14. The molecule has 0 aliphatic heterocycles. The Morgan fingerprint density at radius 2 is 1.87 bits per heavy atom. The van der Waals surface area contributed by atoms with E-state index in [1.807, 2.05) is 28.7 Å². The summed E-state index contributed by atoms with van der Waals surface area (Å²) >= 11 is 13.8. The van der Waals surface area contributed by atoms with E-state index in [1.165, 1.54) is 13.0 Å². The lowest BCUT2D eigenvalue weighted by Crippen LogP contribution is -2.30. The average molecular weight is 464 g/mol. The minimum Gasteiger partial charge on any atom is -0.449 e. The summed E-state index contributed by atoms with van der Waals surface area (Å²) in [6.45, 7) is 1.49. The number of carbonyl (C=O) groups excluding carboxylic acids is 2. The van der Waals surface area contributed by atoms with E-state index in [9.17, 15) is 9.59 Å². The zero-order valence-corrected chi connectivity index (χ0v) is 15.6. The first-order valence-corrected chi connectivity index (χ1v) is 8.43. The molecule has 0 saturated heterocycles. The molecule has 0 spiro atoms. The van der Waals surface area contributed by atoms with Gasteiger partial charge in [0.1, 0.15) is 0 Å². The fourth-order valence-corrected chi connectivity index (χ4v) is 2.79. The molecule has 2 aromatic carbocycles. The number of hydrogen-bond acceptors (Lipinski definition) is 3. The summed E-state index contributed by atoms with van der Waals surface area (Å²) in [6.07, 6.45) is -0.967. The normalized spacial score (nSPS) is 11.7. The van der Waals surface area contributed by atoms with E-state index in [-0.39, 0.29) is 0 Å². The Kier molecular flexibility index (Phi) is 6.26. The molecule has 2 rings (SSSR count). The molecule has 1 amide bonds. The molecule has 0 bridgehead atoms. The monoisotopic (exact) mass is 463 g/mol. The molecule has 120 valence electrons. The molecule has 1 unspecified atom stereocenters. The zero-order chi connectivity index (χ0) is 17.0. The van der Waals surface area contributed by atoms with Crippen molar-refractivity contribution in [2.45, 2.75) is 13.0 Å². The lowest BCUT2D eigenvalue weighted by atomic mass is 10.2. The highest BCUT2D eigenvalue weighted by Gasteiger charge is 2.21. The van der Waals surface area contributed by atoms with Gasteiger partial charge in [-0.3, -0.25) is 4.79 Å². The molecule has 4 nitrogen and oxygen atoms in total. The number of rotatable bonds is 4. The van der Waals surface area contributed by atoms with Gasteiger partial charge in [0, 0.05) is 8.59 Å². The maximum Gasteiger partial charge on any atom is 0.339 e. The summed E-state index contributed by atoms with van der Waals surface area (Å²) in [7, 11) is 0. The van der Waals surface area contributed by atoms with Gasteiger partial charge in [0.05, 0.1) is 16.3 Å². The van der Waals surface area contributed by atoms with Crippen molar-refractivity contribution in [3.63, 3.8) is 0 Å². The second-order valence-electron chi connectivity index (χ2n) is 4.64. The van der Waals surface area contributed by atoms with Crippen LogP contribution in [0.15, 0.2) is 42.5 Å². The number of nitrogens with one attached hydrogen (secondary N) is 1. The second kappa shape index (κ2) is 7.99. The van der Waals surface area contributed by atoms with Gasteiger partial charge in [0.25, 0.3) is 5.91 Å². The number of amides is 1. The predicted molar refractivity (Wildman–Crippen MR) is 99.1 cm³/mol. The van der Waals surface area contributed by atoms with Crippen molar-refractivity contribution in [2.75, 3.05) is 5.32 Å².